The van der Waals surface area contributed by atoms with Crippen LogP contribution in [-0.4, -0.2) is 68.6 Å². The lowest BCUT2D eigenvalue weighted by molar-refractivity contribution is -0.131. The van der Waals surface area contributed by atoms with Gasteiger partial charge in [0.05, 0.1) is 6.26 Å². The topological polar surface area (TPSA) is 60.9 Å². The van der Waals surface area contributed by atoms with Crippen molar-refractivity contribution in [2.24, 2.45) is 0 Å². The third-order valence-electron chi connectivity index (χ3n) is 4.35. The van der Waals surface area contributed by atoms with Crippen molar-refractivity contribution < 1.29 is 13.2 Å². The molecule has 0 unspecified atom stereocenters. The molecule has 0 aromatic heterocycles. The van der Waals surface area contributed by atoms with Crippen LogP contribution in [0.1, 0.15) is 20.3 Å². The molecule has 25 heavy (non-hydrogen) atoms. The zero-order chi connectivity index (χ0) is 18.6. The molecule has 1 aromatic rings. The first-order chi connectivity index (χ1) is 11.7. The van der Waals surface area contributed by atoms with Crippen LogP contribution < -0.4 is 4.90 Å². The zero-order valence-corrected chi connectivity index (χ0v) is 16.6. The Balaban J connectivity index is 1.87. The Bertz CT molecular complexity index is 701. The van der Waals surface area contributed by atoms with E-state index in [9.17, 15) is 13.2 Å². The molecular weight excluding hydrogens is 362 g/mol. The molecule has 2 rings (SSSR count). The van der Waals surface area contributed by atoms with Gasteiger partial charge in [-0.15, -0.1) is 0 Å². The van der Waals surface area contributed by atoms with Gasteiger partial charge in [-0.1, -0.05) is 17.7 Å². The molecule has 1 saturated heterocycles. The van der Waals surface area contributed by atoms with E-state index in [4.69, 9.17) is 11.6 Å². The van der Waals surface area contributed by atoms with E-state index in [0.717, 1.165) is 18.8 Å². The van der Waals surface area contributed by atoms with Crippen molar-refractivity contribution in [3.8, 4) is 0 Å². The number of carbonyl (C=O) groups is 1. The van der Waals surface area contributed by atoms with Crippen LogP contribution in [0.3, 0.4) is 0 Å². The fourth-order valence-corrected chi connectivity index (χ4v) is 4.43. The minimum atomic E-state index is -3.30. The number of carbonyl (C=O) groups excluding carboxylic acids is 1. The van der Waals surface area contributed by atoms with Gasteiger partial charge in [0.1, 0.15) is 0 Å². The summed E-state index contributed by atoms with van der Waals surface area (Å²) in [7, 11) is -3.30. The molecule has 1 amide bonds. The number of halogens is 1. The van der Waals surface area contributed by atoms with Gasteiger partial charge in [-0.3, -0.25) is 4.79 Å². The van der Waals surface area contributed by atoms with Crippen molar-refractivity contribution in [1.29, 1.82) is 0 Å². The molecule has 1 fully saturated rings. The normalized spacial score (nSPS) is 15.9. The van der Waals surface area contributed by atoms with Crippen LogP contribution in [0.2, 0.25) is 5.02 Å². The lowest BCUT2D eigenvalue weighted by Gasteiger charge is -2.36. The number of piperazine rings is 1. The van der Waals surface area contributed by atoms with Crippen molar-refractivity contribution in [3.63, 3.8) is 0 Å². The Kier molecular flexibility index (Phi) is 6.71. The van der Waals surface area contributed by atoms with E-state index in [1.54, 1.807) is 0 Å². The van der Waals surface area contributed by atoms with Crippen LogP contribution in [0.4, 0.5) is 5.69 Å². The van der Waals surface area contributed by atoms with Crippen LogP contribution in [0.5, 0.6) is 0 Å². The number of amides is 1. The van der Waals surface area contributed by atoms with Gasteiger partial charge in [-0.2, -0.15) is 4.31 Å². The van der Waals surface area contributed by atoms with E-state index in [0.29, 0.717) is 18.1 Å². The van der Waals surface area contributed by atoms with Crippen LogP contribution in [-0.2, 0) is 14.8 Å². The molecule has 8 heteroatoms. The molecule has 0 bridgehead atoms. The maximum Gasteiger partial charge on any atom is 0.224 e. The number of nitrogens with zero attached hydrogens (tertiary/aromatic N) is 3. The lowest BCUT2D eigenvalue weighted by atomic mass is 10.2. The quantitative estimate of drug-likeness (QED) is 0.749. The molecule has 0 saturated carbocycles. The number of sulfonamides is 1. The number of benzene rings is 1. The molecule has 0 radical (unpaired) electrons. The first-order valence-corrected chi connectivity index (χ1v) is 10.7. The van der Waals surface area contributed by atoms with E-state index >= 15 is 0 Å². The average Bonchev–Trinajstić information content (AvgIpc) is 2.53. The summed E-state index contributed by atoms with van der Waals surface area (Å²) in [6, 6.07) is 7.54. The van der Waals surface area contributed by atoms with Crippen molar-refractivity contribution in [2.75, 3.05) is 43.9 Å². The largest absolute Gasteiger partial charge is 0.368 e. The highest BCUT2D eigenvalue weighted by Crippen LogP contribution is 2.21. The van der Waals surface area contributed by atoms with E-state index < -0.39 is 10.0 Å². The standard InChI is InChI=1S/C17H26ClN3O3S/c1-14(2)21(25(3,23)24)8-7-17(22)20-11-9-19(10-12-20)16-6-4-5-15(18)13-16/h4-6,13-14H,7-12H2,1-3H3. The second-order valence-electron chi connectivity index (χ2n) is 6.57. The third-order valence-corrected chi connectivity index (χ3v) is 6.05. The summed E-state index contributed by atoms with van der Waals surface area (Å²) in [6.45, 7) is 6.60. The predicted octanol–water partition coefficient (Wildman–Crippen LogP) is 2.05. The number of anilines is 1. The monoisotopic (exact) mass is 387 g/mol. The predicted molar refractivity (Wildman–Crippen MR) is 102 cm³/mol. The molecule has 0 N–H and O–H groups in total. The van der Waals surface area contributed by atoms with Crippen LogP contribution in [0, 0.1) is 0 Å². The number of hydrogen-bond donors (Lipinski definition) is 0. The number of rotatable bonds is 6. The summed E-state index contributed by atoms with van der Waals surface area (Å²) in [4.78, 5) is 16.4. The van der Waals surface area contributed by atoms with Crippen LogP contribution >= 0.6 is 11.6 Å². The molecular formula is C17H26ClN3O3S. The summed E-state index contributed by atoms with van der Waals surface area (Å²) in [5.41, 5.74) is 1.06. The van der Waals surface area contributed by atoms with Gasteiger partial charge < -0.3 is 9.80 Å². The third kappa shape index (κ3) is 5.59. The maximum absolute atomic E-state index is 12.4. The first-order valence-electron chi connectivity index (χ1n) is 8.43. The molecule has 1 aliphatic heterocycles. The Hall–Kier alpha value is -1.31. The summed E-state index contributed by atoms with van der Waals surface area (Å²) in [5, 5.41) is 0.700. The molecule has 0 atom stereocenters. The summed E-state index contributed by atoms with van der Waals surface area (Å²) in [5.74, 6) is 0.0000408. The van der Waals surface area contributed by atoms with E-state index in [2.05, 4.69) is 4.90 Å². The molecule has 0 spiro atoms. The second-order valence-corrected chi connectivity index (χ2v) is 8.94. The second kappa shape index (κ2) is 8.38. The highest BCUT2D eigenvalue weighted by Gasteiger charge is 2.25. The minimum Gasteiger partial charge on any atom is -0.368 e. The van der Waals surface area contributed by atoms with Gasteiger partial charge >= 0.3 is 0 Å². The molecule has 1 aromatic carbocycles. The Morgan fingerprint density at radius 2 is 1.88 bits per heavy atom. The minimum absolute atomic E-state index is 0.0000408. The van der Waals surface area contributed by atoms with Crippen LogP contribution in [0.25, 0.3) is 0 Å². The van der Waals surface area contributed by atoms with Gasteiger partial charge in [0.2, 0.25) is 15.9 Å². The summed E-state index contributed by atoms with van der Waals surface area (Å²) in [6.07, 6.45) is 1.39. The van der Waals surface area contributed by atoms with Crippen molar-refractivity contribution >= 4 is 33.2 Å². The van der Waals surface area contributed by atoms with Crippen molar-refractivity contribution in [2.45, 2.75) is 26.3 Å². The molecule has 1 heterocycles. The SMILES string of the molecule is CC(C)N(CCC(=O)N1CCN(c2cccc(Cl)c2)CC1)S(C)(=O)=O. The highest BCUT2D eigenvalue weighted by molar-refractivity contribution is 7.88. The van der Waals surface area contributed by atoms with E-state index in [-0.39, 0.29) is 24.9 Å². The average molecular weight is 388 g/mol. The van der Waals surface area contributed by atoms with Gasteiger partial charge in [0, 0.05) is 55.9 Å². The molecule has 140 valence electrons. The zero-order valence-electron chi connectivity index (χ0n) is 15.0. The van der Waals surface area contributed by atoms with Crippen LogP contribution in [0.15, 0.2) is 24.3 Å². The van der Waals surface area contributed by atoms with E-state index in [1.807, 2.05) is 43.0 Å². The van der Waals surface area contributed by atoms with Gasteiger partial charge in [0.25, 0.3) is 0 Å². The number of hydrogen-bond acceptors (Lipinski definition) is 4. The van der Waals surface area contributed by atoms with Crippen molar-refractivity contribution in [3.05, 3.63) is 29.3 Å². The summed E-state index contributed by atoms with van der Waals surface area (Å²) < 4.78 is 24.9. The molecule has 0 aliphatic carbocycles. The van der Waals surface area contributed by atoms with Gasteiger partial charge in [0.15, 0.2) is 0 Å². The molecule has 1 aliphatic rings. The lowest BCUT2D eigenvalue weighted by Crippen LogP contribution is -2.49. The molecule has 6 nitrogen and oxygen atoms in total. The highest BCUT2D eigenvalue weighted by atomic mass is 35.5. The smallest absolute Gasteiger partial charge is 0.224 e. The Morgan fingerprint density at radius 1 is 1.24 bits per heavy atom. The Labute approximate surface area is 155 Å². The summed E-state index contributed by atoms with van der Waals surface area (Å²) >= 11 is 6.03. The van der Waals surface area contributed by atoms with E-state index in [1.165, 1.54) is 10.6 Å². The Morgan fingerprint density at radius 3 is 2.40 bits per heavy atom. The first kappa shape index (κ1) is 20.0. The van der Waals surface area contributed by atoms with Crippen molar-refractivity contribution in [1.82, 2.24) is 9.21 Å². The fourth-order valence-electron chi connectivity index (χ4n) is 3.06. The van der Waals surface area contributed by atoms with Gasteiger partial charge in [-0.05, 0) is 32.0 Å². The maximum atomic E-state index is 12.4. The fraction of sp³-hybridized carbons (Fsp3) is 0.588. The van der Waals surface area contributed by atoms with Gasteiger partial charge in [-0.25, -0.2) is 8.42 Å².